The van der Waals surface area contributed by atoms with Crippen LogP contribution >= 0.6 is 22.9 Å². The van der Waals surface area contributed by atoms with Gasteiger partial charge in [0.25, 0.3) is 0 Å². The van der Waals surface area contributed by atoms with Crippen molar-refractivity contribution >= 4 is 22.9 Å². The van der Waals surface area contributed by atoms with E-state index in [4.69, 9.17) is 11.6 Å². The largest absolute Gasteiger partial charge is 0.310 e. The van der Waals surface area contributed by atoms with Gasteiger partial charge < -0.3 is 5.32 Å². The highest BCUT2D eigenvalue weighted by Crippen LogP contribution is 2.31. The molecule has 17 heavy (non-hydrogen) atoms. The molecule has 0 radical (unpaired) electrons. The topological polar surface area (TPSA) is 15.3 Å². The second kappa shape index (κ2) is 5.27. The highest BCUT2D eigenvalue weighted by Gasteiger charge is 2.27. The molecule has 1 aromatic heterocycles. The summed E-state index contributed by atoms with van der Waals surface area (Å²) in [4.78, 5) is 3.93. The van der Waals surface area contributed by atoms with E-state index in [0.717, 1.165) is 24.0 Å². The van der Waals surface area contributed by atoms with E-state index in [1.165, 1.54) is 11.3 Å². The molecule has 1 aromatic rings. The van der Waals surface area contributed by atoms with Crippen molar-refractivity contribution in [1.82, 2.24) is 10.2 Å². The molecule has 1 unspecified atom stereocenters. The highest BCUT2D eigenvalue weighted by atomic mass is 35.5. The van der Waals surface area contributed by atoms with Crippen LogP contribution in [-0.2, 0) is 0 Å². The average molecular weight is 273 g/mol. The average Bonchev–Trinajstić information content (AvgIpc) is 2.59. The quantitative estimate of drug-likeness (QED) is 0.886. The summed E-state index contributed by atoms with van der Waals surface area (Å²) in [7, 11) is 0. The molecule has 0 saturated carbocycles. The van der Waals surface area contributed by atoms with Crippen LogP contribution in [-0.4, -0.2) is 30.1 Å². The van der Waals surface area contributed by atoms with Crippen LogP contribution in [0.25, 0.3) is 0 Å². The van der Waals surface area contributed by atoms with Crippen LogP contribution in [0, 0.1) is 0 Å². The molecule has 1 aliphatic heterocycles. The third-order valence-corrected chi connectivity index (χ3v) is 4.78. The molecule has 0 spiro atoms. The molecule has 0 aliphatic carbocycles. The van der Waals surface area contributed by atoms with Gasteiger partial charge in [-0.15, -0.1) is 11.3 Å². The molecule has 2 heterocycles. The van der Waals surface area contributed by atoms with E-state index in [1.54, 1.807) is 11.3 Å². The first-order valence-electron chi connectivity index (χ1n) is 6.22. The Kier molecular flexibility index (Phi) is 4.14. The van der Waals surface area contributed by atoms with Gasteiger partial charge in [-0.3, -0.25) is 4.90 Å². The molecule has 1 N–H and O–H groups in total. The molecule has 0 aromatic carbocycles. The van der Waals surface area contributed by atoms with Gasteiger partial charge in [0.1, 0.15) is 0 Å². The summed E-state index contributed by atoms with van der Waals surface area (Å²) in [6.07, 6.45) is 1.22. The molecule has 0 bridgehead atoms. The van der Waals surface area contributed by atoms with E-state index in [9.17, 15) is 0 Å². The van der Waals surface area contributed by atoms with Crippen LogP contribution in [0.3, 0.4) is 0 Å². The van der Waals surface area contributed by atoms with Crippen LogP contribution in [0.2, 0.25) is 4.34 Å². The van der Waals surface area contributed by atoms with Crippen molar-refractivity contribution < 1.29 is 0 Å². The fraction of sp³-hybridized carbons (Fsp3) is 0.692. The predicted octanol–water partition coefficient (Wildman–Crippen LogP) is 3.54. The number of rotatable bonds is 2. The van der Waals surface area contributed by atoms with Crippen molar-refractivity contribution in [3.8, 4) is 0 Å². The minimum atomic E-state index is 0.200. The third-order valence-electron chi connectivity index (χ3n) is 3.38. The fourth-order valence-corrected chi connectivity index (χ4v) is 3.56. The zero-order valence-corrected chi connectivity index (χ0v) is 12.4. The van der Waals surface area contributed by atoms with Crippen LogP contribution in [0.4, 0.5) is 0 Å². The summed E-state index contributed by atoms with van der Waals surface area (Å²) in [5.74, 6) is 0. The maximum Gasteiger partial charge on any atom is 0.0931 e. The summed E-state index contributed by atoms with van der Waals surface area (Å²) in [6, 6.07) is 4.62. The monoisotopic (exact) mass is 272 g/mol. The van der Waals surface area contributed by atoms with Crippen molar-refractivity contribution in [3.05, 3.63) is 21.3 Å². The Morgan fingerprint density at radius 1 is 1.47 bits per heavy atom. The molecule has 1 atom stereocenters. The minimum absolute atomic E-state index is 0.200. The Morgan fingerprint density at radius 2 is 2.24 bits per heavy atom. The summed E-state index contributed by atoms with van der Waals surface area (Å²) in [5, 5.41) is 3.60. The Balaban J connectivity index is 2.10. The number of thiophene rings is 1. The molecular weight excluding hydrogens is 252 g/mol. The summed E-state index contributed by atoms with van der Waals surface area (Å²) in [6.45, 7) is 10.2. The Labute approximate surface area is 113 Å². The Morgan fingerprint density at radius 3 is 2.88 bits per heavy atom. The Bertz CT molecular complexity index is 375. The number of nitrogens with zero attached hydrogens (tertiary/aromatic N) is 1. The molecule has 1 fully saturated rings. The predicted molar refractivity (Wildman–Crippen MR) is 76.0 cm³/mol. The van der Waals surface area contributed by atoms with Gasteiger partial charge in [-0.25, -0.2) is 0 Å². The molecule has 1 aliphatic rings. The molecule has 96 valence electrons. The van der Waals surface area contributed by atoms with E-state index >= 15 is 0 Å². The highest BCUT2D eigenvalue weighted by molar-refractivity contribution is 7.16. The van der Waals surface area contributed by atoms with Crippen molar-refractivity contribution in [2.75, 3.05) is 19.6 Å². The number of hydrogen-bond donors (Lipinski definition) is 1. The molecular formula is C13H21ClN2S. The van der Waals surface area contributed by atoms with Crippen molar-refractivity contribution in [1.29, 1.82) is 0 Å². The van der Waals surface area contributed by atoms with E-state index in [0.29, 0.717) is 6.04 Å². The van der Waals surface area contributed by atoms with Crippen LogP contribution in [0.5, 0.6) is 0 Å². The van der Waals surface area contributed by atoms with E-state index < -0.39 is 0 Å². The van der Waals surface area contributed by atoms with E-state index in [1.807, 2.05) is 6.07 Å². The zero-order chi connectivity index (χ0) is 12.5. The first-order chi connectivity index (χ1) is 7.98. The maximum absolute atomic E-state index is 6.02. The SMILES string of the molecule is CC(c1ccc(Cl)s1)N1CCCNC(C)(C)C1. The lowest BCUT2D eigenvalue weighted by molar-refractivity contribution is 0.182. The smallest absolute Gasteiger partial charge is 0.0931 e. The van der Waals surface area contributed by atoms with Crippen molar-refractivity contribution in [2.45, 2.75) is 38.8 Å². The lowest BCUT2D eigenvalue weighted by Crippen LogP contribution is -2.46. The third kappa shape index (κ3) is 3.44. The number of nitrogens with one attached hydrogen (secondary N) is 1. The normalized spacial score (nSPS) is 23.3. The zero-order valence-electron chi connectivity index (χ0n) is 10.8. The van der Waals surface area contributed by atoms with E-state index in [2.05, 4.69) is 37.1 Å². The summed E-state index contributed by atoms with van der Waals surface area (Å²) in [5.41, 5.74) is 0.200. The molecule has 0 amide bonds. The van der Waals surface area contributed by atoms with Crippen molar-refractivity contribution in [2.24, 2.45) is 0 Å². The lowest BCUT2D eigenvalue weighted by Gasteiger charge is -2.33. The van der Waals surface area contributed by atoms with Crippen LogP contribution in [0.15, 0.2) is 12.1 Å². The van der Waals surface area contributed by atoms with Gasteiger partial charge in [-0.05, 0) is 45.9 Å². The summed E-state index contributed by atoms with van der Waals surface area (Å²) >= 11 is 7.72. The number of halogens is 1. The van der Waals surface area contributed by atoms with Gasteiger partial charge in [0.15, 0.2) is 0 Å². The molecule has 2 rings (SSSR count). The van der Waals surface area contributed by atoms with E-state index in [-0.39, 0.29) is 5.54 Å². The van der Waals surface area contributed by atoms with Gasteiger partial charge in [0, 0.05) is 29.5 Å². The van der Waals surface area contributed by atoms with Gasteiger partial charge >= 0.3 is 0 Å². The fourth-order valence-electron chi connectivity index (χ4n) is 2.41. The second-order valence-electron chi connectivity index (χ2n) is 5.45. The molecule has 4 heteroatoms. The van der Waals surface area contributed by atoms with Gasteiger partial charge in [-0.1, -0.05) is 11.6 Å². The van der Waals surface area contributed by atoms with Gasteiger partial charge in [0.05, 0.1) is 4.34 Å². The molecule has 2 nitrogen and oxygen atoms in total. The number of hydrogen-bond acceptors (Lipinski definition) is 3. The molecule has 1 saturated heterocycles. The second-order valence-corrected chi connectivity index (χ2v) is 7.20. The van der Waals surface area contributed by atoms with Gasteiger partial charge in [0.2, 0.25) is 0 Å². The standard InChI is InChI=1S/C13H21ClN2S/c1-10(11-5-6-12(14)17-11)16-8-4-7-15-13(2,3)9-16/h5-6,10,15H,4,7-9H2,1-3H3. The minimum Gasteiger partial charge on any atom is -0.310 e. The maximum atomic E-state index is 6.02. The Hall–Kier alpha value is -0.0900. The van der Waals surface area contributed by atoms with Gasteiger partial charge in [-0.2, -0.15) is 0 Å². The lowest BCUT2D eigenvalue weighted by atomic mass is 10.0. The van der Waals surface area contributed by atoms with Crippen LogP contribution < -0.4 is 5.32 Å². The first kappa shape index (κ1) is 13.3. The first-order valence-corrected chi connectivity index (χ1v) is 7.42. The van der Waals surface area contributed by atoms with Crippen LogP contribution in [0.1, 0.15) is 38.1 Å². The van der Waals surface area contributed by atoms with Crippen molar-refractivity contribution in [3.63, 3.8) is 0 Å². The summed E-state index contributed by atoms with van der Waals surface area (Å²) < 4.78 is 0.888.